The Morgan fingerprint density at radius 3 is 2.50 bits per heavy atom. The topological polar surface area (TPSA) is 86.7 Å². The lowest BCUT2D eigenvalue weighted by Gasteiger charge is -2.38. The zero-order valence-electron chi connectivity index (χ0n) is 14.0. The Morgan fingerprint density at radius 2 is 1.96 bits per heavy atom. The first-order valence-corrected chi connectivity index (χ1v) is 8.28. The Balaban J connectivity index is 1.72. The molecule has 1 aromatic carbocycles. The molecule has 0 aromatic heterocycles. The van der Waals surface area contributed by atoms with Gasteiger partial charge in [-0.25, -0.2) is 4.79 Å². The summed E-state index contributed by atoms with van der Waals surface area (Å²) in [6.45, 7) is 4.46. The number of hydrogen-bond donors (Lipinski definition) is 2. The van der Waals surface area contributed by atoms with Crippen molar-refractivity contribution in [3.8, 4) is 0 Å². The Bertz CT molecular complexity index is 709. The molecule has 1 aromatic rings. The molecule has 1 aliphatic heterocycles. The Labute approximate surface area is 140 Å². The van der Waals surface area contributed by atoms with Crippen molar-refractivity contribution in [1.29, 1.82) is 0 Å². The van der Waals surface area contributed by atoms with Gasteiger partial charge in [0.2, 0.25) is 11.8 Å². The molecule has 6 nitrogen and oxygen atoms in total. The monoisotopic (exact) mass is 330 g/mol. The van der Waals surface area contributed by atoms with Crippen LogP contribution in [0.25, 0.3) is 0 Å². The van der Waals surface area contributed by atoms with Gasteiger partial charge in [0.25, 0.3) is 0 Å². The molecule has 128 valence electrons. The summed E-state index contributed by atoms with van der Waals surface area (Å²) in [6.07, 6.45) is 2.04. The molecule has 24 heavy (non-hydrogen) atoms. The van der Waals surface area contributed by atoms with Crippen LogP contribution in [-0.2, 0) is 14.4 Å². The Morgan fingerprint density at radius 1 is 1.25 bits per heavy atom. The normalized spacial score (nSPS) is 22.2. The number of nitrogens with zero attached hydrogens (tertiary/aromatic N) is 1. The van der Waals surface area contributed by atoms with Crippen molar-refractivity contribution < 1.29 is 19.5 Å². The molecule has 6 heteroatoms. The van der Waals surface area contributed by atoms with E-state index in [0.717, 1.165) is 23.2 Å². The van der Waals surface area contributed by atoms with Gasteiger partial charge >= 0.3 is 5.97 Å². The number of carbonyl (C=O) groups excluding carboxylic acids is 2. The number of aryl methyl sites for hydroxylation is 2. The van der Waals surface area contributed by atoms with Crippen LogP contribution in [0.1, 0.15) is 36.8 Å². The van der Waals surface area contributed by atoms with Gasteiger partial charge in [0.1, 0.15) is 11.5 Å². The number of benzene rings is 1. The molecule has 0 radical (unpaired) electrons. The maximum Gasteiger partial charge on any atom is 0.329 e. The van der Waals surface area contributed by atoms with Crippen molar-refractivity contribution in [2.75, 3.05) is 11.4 Å². The Hall–Kier alpha value is -2.37. The highest BCUT2D eigenvalue weighted by Crippen LogP contribution is 2.33. The second-order valence-corrected chi connectivity index (χ2v) is 6.83. The predicted molar refractivity (Wildman–Crippen MR) is 88.7 cm³/mol. The average molecular weight is 330 g/mol. The highest BCUT2D eigenvalue weighted by Gasteiger charge is 2.48. The third kappa shape index (κ3) is 2.66. The van der Waals surface area contributed by atoms with Crippen LogP contribution < -0.4 is 10.2 Å². The van der Waals surface area contributed by atoms with Crippen molar-refractivity contribution in [3.05, 3.63) is 29.3 Å². The number of amides is 2. The van der Waals surface area contributed by atoms with E-state index in [9.17, 15) is 19.5 Å². The van der Waals surface area contributed by atoms with Crippen molar-refractivity contribution in [3.63, 3.8) is 0 Å². The minimum Gasteiger partial charge on any atom is -0.480 e. The predicted octanol–water partition coefficient (Wildman–Crippen LogP) is 1.78. The lowest BCUT2D eigenvalue weighted by Crippen LogP contribution is -2.60. The molecule has 3 rings (SSSR count). The lowest BCUT2D eigenvalue weighted by molar-refractivity contribution is -0.153. The molecular formula is C18H22N2O4. The molecule has 2 N–H and O–H groups in total. The summed E-state index contributed by atoms with van der Waals surface area (Å²) < 4.78 is 0. The maximum atomic E-state index is 12.6. The van der Waals surface area contributed by atoms with Crippen molar-refractivity contribution in [2.45, 2.75) is 45.1 Å². The Kier molecular flexibility index (Phi) is 4.07. The minimum absolute atomic E-state index is 0.254. The number of hydrogen-bond acceptors (Lipinski definition) is 3. The standard InChI is InChI=1S/C18H22N2O4/c1-11-4-5-13(10-12(11)2)20-9-6-14(16(20)22)15(21)19-18(17(23)24)7-3-8-18/h4-5,10,14H,3,6-9H2,1-2H3,(H,19,21)(H,23,24)/t14-/m0/s1. The van der Waals surface area contributed by atoms with Gasteiger partial charge < -0.3 is 15.3 Å². The van der Waals surface area contributed by atoms with Crippen LogP contribution in [0.3, 0.4) is 0 Å². The second-order valence-electron chi connectivity index (χ2n) is 6.83. The molecule has 0 spiro atoms. The van der Waals surface area contributed by atoms with Gasteiger partial charge in [-0.05, 0) is 62.8 Å². The minimum atomic E-state index is -1.18. The summed E-state index contributed by atoms with van der Waals surface area (Å²) in [5.41, 5.74) is 1.85. The number of carbonyl (C=O) groups is 3. The molecule has 1 saturated heterocycles. The van der Waals surface area contributed by atoms with Crippen molar-refractivity contribution >= 4 is 23.5 Å². The number of carboxylic acids is 1. The van der Waals surface area contributed by atoms with Gasteiger partial charge in [0.15, 0.2) is 0 Å². The fourth-order valence-corrected chi connectivity index (χ4v) is 3.32. The zero-order chi connectivity index (χ0) is 17.5. The van der Waals surface area contributed by atoms with E-state index in [1.807, 2.05) is 32.0 Å². The van der Waals surface area contributed by atoms with Gasteiger partial charge in [0, 0.05) is 12.2 Å². The fourth-order valence-electron chi connectivity index (χ4n) is 3.32. The van der Waals surface area contributed by atoms with Crippen molar-refractivity contribution in [2.24, 2.45) is 5.92 Å². The fraction of sp³-hybridized carbons (Fsp3) is 0.500. The van der Waals surface area contributed by atoms with Crippen LogP contribution in [-0.4, -0.2) is 35.0 Å². The first-order chi connectivity index (χ1) is 11.3. The van der Waals surface area contributed by atoms with E-state index in [4.69, 9.17) is 0 Å². The molecule has 1 saturated carbocycles. The molecule has 1 aliphatic carbocycles. The van der Waals surface area contributed by atoms with E-state index in [0.29, 0.717) is 25.8 Å². The van der Waals surface area contributed by atoms with Crippen molar-refractivity contribution in [1.82, 2.24) is 5.32 Å². The first kappa shape index (κ1) is 16.5. The van der Waals surface area contributed by atoms with Crippen LogP contribution in [0.2, 0.25) is 0 Å². The van der Waals surface area contributed by atoms with E-state index in [1.54, 1.807) is 4.90 Å². The third-order valence-corrected chi connectivity index (χ3v) is 5.30. The van der Waals surface area contributed by atoms with Gasteiger partial charge in [-0.15, -0.1) is 0 Å². The van der Waals surface area contributed by atoms with Crippen LogP contribution >= 0.6 is 0 Å². The van der Waals surface area contributed by atoms with E-state index < -0.39 is 23.3 Å². The zero-order valence-corrected chi connectivity index (χ0v) is 14.0. The molecule has 0 bridgehead atoms. The highest BCUT2D eigenvalue weighted by molar-refractivity contribution is 6.10. The molecular weight excluding hydrogens is 308 g/mol. The average Bonchev–Trinajstić information content (AvgIpc) is 2.87. The molecule has 2 fully saturated rings. The van der Waals surface area contributed by atoms with E-state index in [1.165, 1.54) is 0 Å². The highest BCUT2D eigenvalue weighted by atomic mass is 16.4. The van der Waals surface area contributed by atoms with Crippen LogP contribution in [0, 0.1) is 19.8 Å². The number of rotatable bonds is 4. The summed E-state index contributed by atoms with van der Waals surface area (Å²) >= 11 is 0. The maximum absolute atomic E-state index is 12.6. The number of carboxylic acid groups (broad SMARTS) is 1. The summed E-state index contributed by atoms with van der Waals surface area (Å²) in [5.74, 6) is -2.54. The molecule has 1 heterocycles. The molecule has 1 atom stereocenters. The summed E-state index contributed by atoms with van der Waals surface area (Å²) in [4.78, 5) is 38.1. The lowest BCUT2D eigenvalue weighted by atomic mass is 9.76. The van der Waals surface area contributed by atoms with Gasteiger partial charge in [-0.3, -0.25) is 9.59 Å². The quantitative estimate of drug-likeness (QED) is 0.824. The van der Waals surface area contributed by atoms with Gasteiger partial charge in [-0.1, -0.05) is 6.07 Å². The van der Waals surface area contributed by atoms with E-state index in [2.05, 4.69) is 5.32 Å². The van der Waals surface area contributed by atoms with Gasteiger partial charge in [-0.2, -0.15) is 0 Å². The smallest absolute Gasteiger partial charge is 0.329 e. The van der Waals surface area contributed by atoms with Crippen LogP contribution in [0.15, 0.2) is 18.2 Å². The molecule has 2 amide bonds. The van der Waals surface area contributed by atoms with Crippen LogP contribution in [0.5, 0.6) is 0 Å². The SMILES string of the molecule is Cc1ccc(N2CC[C@@H](C(=O)NC3(C(=O)O)CCC3)C2=O)cc1C. The third-order valence-electron chi connectivity index (χ3n) is 5.30. The molecule has 2 aliphatic rings. The van der Waals surface area contributed by atoms with E-state index in [-0.39, 0.29) is 5.91 Å². The summed E-state index contributed by atoms with van der Waals surface area (Å²) in [6, 6.07) is 5.78. The molecule has 0 unspecified atom stereocenters. The number of anilines is 1. The summed E-state index contributed by atoms with van der Waals surface area (Å²) in [5, 5.41) is 11.9. The number of aliphatic carboxylic acids is 1. The van der Waals surface area contributed by atoms with Gasteiger partial charge in [0.05, 0.1) is 0 Å². The summed E-state index contributed by atoms with van der Waals surface area (Å²) in [7, 11) is 0. The van der Waals surface area contributed by atoms with E-state index >= 15 is 0 Å². The number of nitrogens with one attached hydrogen (secondary N) is 1. The first-order valence-electron chi connectivity index (χ1n) is 8.28. The van der Waals surface area contributed by atoms with Crippen LogP contribution in [0.4, 0.5) is 5.69 Å². The second kappa shape index (κ2) is 5.92. The largest absolute Gasteiger partial charge is 0.480 e.